The molecule has 0 aliphatic rings. The normalized spacial score (nSPS) is 11.0. The SMILES string of the molecule is O=c1n(Cc2ccc(F)c(B(O)O)c2)nc2ccccn12. The molecule has 2 N–H and O–H groups in total. The topological polar surface area (TPSA) is 79.8 Å². The molecule has 0 amide bonds. The fourth-order valence-electron chi connectivity index (χ4n) is 2.13. The van der Waals surface area contributed by atoms with E-state index in [9.17, 15) is 9.18 Å². The molecule has 0 unspecified atom stereocenters. The van der Waals surface area contributed by atoms with Crippen molar-refractivity contribution in [3.05, 3.63) is 64.5 Å². The Bertz CT molecular complexity index is 859. The van der Waals surface area contributed by atoms with Crippen LogP contribution in [0.5, 0.6) is 0 Å². The molecule has 8 heteroatoms. The summed E-state index contributed by atoms with van der Waals surface area (Å²) in [5.74, 6) is -0.712. The number of nitrogens with zero attached hydrogens (tertiary/aromatic N) is 3. The second kappa shape index (κ2) is 5.15. The molecule has 2 heterocycles. The smallest absolute Gasteiger partial charge is 0.423 e. The molecule has 106 valence electrons. The summed E-state index contributed by atoms with van der Waals surface area (Å²) in [6, 6.07) is 9.09. The molecule has 0 spiro atoms. The third-order valence-electron chi connectivity index (χ3n) is 3.16. The summed E-state index contributed by atoms with van der Waals surface area (Å²) < 4.78 is 16.0. The van der Waals surface area contributed by atoms with Crippen LogP contribution in [0.15, 0.2) is 47.4 Å². The number of halogens is 1. The number of fused-ring (bicyclic) bond motifs is 1. The van der Waals surface area contributed by atoms with Gasteiger partial charge in [-0.15, -0.1) is 5.10 Å². The molecule has 0 bridgehead atoms. The Hall–Kier alpha value is -2.45. The highest BCUT2D eigenvalue weighted by atomic mass is 19.1. The third-order valence-corrected chi connectivity index (χ3v) is 3.16. The number of hydrogen-bond acceptors (Lipinski definition) is 4. The van der Waals surface area contributed by atoms with E-state index in [0.717, 1.165) is 6.07 Å². The molecular weight excluding hydrogens is 276 g/mol. The fraction of sp³-hybridized carbons (Fsp3) is 0.0769. The van der Waals surface area contributed by atoms with Gasteiger partial charge in [-0.25, -0.2) is 13.9 Å². The molecule has 3 aromatic rings. The Morgan fingerprint density at radius 2 is 2.05 bits per heavy atom. The van der Waals surface area contributed by atoms with Gasteiger partial charge in [0.1, 0.15) is 5.82 Å². The molecule has 1 aromatic carbocycles. The van der Waals surface area contributed by atoms with Gasteiger partial charge in [0.15, 0.2) is 5.65 Å². The molecule has 21 heavy (non-hydrogen) atoms. The van der Waals surface area contributed by atoms with Crippen LogP contribution in [0.1, 0.15) is 5.56 Å². The number of hydrogen-bond donors (Lipinski definition) is 2. The zero-order chi connectivity index (χ0) is 15.0. The molecule has 0 saturated heterocycles. The minimum Gasteiger partial charge on any atom is -0.423 e. The zero-order valence-electron chi connectivity index (χ0n) is 10.8. The van der Waals surface area contributed by atoms with Gasteiger partial charge >= 0.3 is 12.8 Å². The summed E-state index contributed by atoms with van der Waals surface area (Å²) in [5, 5.41) is 22.3. The number of aromatic nitrogens is 3. The zero-order valence-corrected chi connectivity index (χ0v) is 10.8. The first kappa shape index (κ1) is 13.5. The third kappa shape index (κ3) is 2.46. The van der Waals surface area contributed by atoms with E-state index in [2.05, 4.69) is 5.10 Å². The highest BCUT2D eigenvalue weighted by molar-refractivity contribution is 6.58. The average Bonchev–Trinajstić information content (AvgIpc) is 2.78. The van der Waals surface area contributed by atoms with E-state index in [4.69, 9.17) is 10.0 Å². The van der Waals surface area contributed by atoms with Crippen molar-refractivity contribution >= 4 is 18.2 Å². The van der Waals surface area contributed by atoms with E-state index < -0.39 is 12.9 Å². The van der Waals surface area contributed by atoms with Crippen molar-refractivity contribution in [2.45, 2.75) is 6.54 Å². The molecular formula is C13H11BFN3O3. The minimum absolute atomic E-state index is 0.112. The maximum atomic E-state index is 13.4. The van der Waals surface area contributed by atoms with Crippen LogP contribution in [0.3, 0.4) is 0 Å². The molecule has 0 fully saturated rings. The summed E-state index contributed by atoms with van der Waals surface area (Å²) in [4.78, 5) is 12.1. The monoisotopic (exact) mass is 287 g/mol. The quantitative estimate of drug-likeness (QED) is 0.628. The molecule has 0 aliphatic carbocycles. The van der Waals surface area contributed by atoms with Crippen molar-refractivity contribution < 1.29 is 14.4 Å². The van der Waals surface area contributed by atoms with Gasteiger partial charge in [0.05, 0.1) is 6.54 Å². The van der Waals surface area contributed by atoms with Gasteiger partial charge in [0.2, 0.25) is 0 Å². The number of benzene rings is 1. The van der Waals surface area contributed by atoms with Crippen molar-refractivity contribution in [2.24, 2.45) is 0 Å². The van der Waals surface area contributed by atoms with Crippen molar-refractivity contribution in [3.8, 4) is 0 Å². The van der Waals surface area contributed by atoms with E-state index in [-0.39, 0.29) is 17.7 Å². The Labute approximate surface area is 118 Å². The second-order valence-corrected chi connectivity index (χ2v) is 4.60. The van der Waals surface area contributed by atoms with Crippen LogP contribution in [0.25, 0.3) is 5.65 Å². The van der Waals surface area contributed by atoms with Crippen LogP contribution in [0, 0.1) is 5.82 Å². The molecule has 2 aromatic heterocycles. The Balaban J connectivity index is 2.01. The van der Waals surface area contributed by atoms with Gasteiger partial charge in [-0.1, -0.05) is 18.2 Å². The summed E-state index contributed by atoms with van der Waals surface area (Å²) in [7, 11) is -1.90. The van der Waals surface area contributed by atoms with Crippen LogP contribution in [0.4, 0.5) is 4.39 Å². The van der Waals surface area contributed by atoms with Crippen LogP contribution in [-0.4, -0.2) is 31.3 Å². The number of rotatable bonds is 3. The van der Waals surface area contributed by atoms with Gasteiger partial charge in [-0.05, 0) is 23.8 Å². The van der Waals surface area contributed by atoms with Gasteiger partial charge < -0.3 is 10.0 Å². The predicted octanol–water partition coefficient (Wildman–Crippen LogP) is -0.637. The number of pyridine rings is 1. The van der Waals surface area contributed by atoms with Gasteiger partial charge in [-0.3, -0.25) is 4.40 Å². The van der Waals surface area contributed by atoms with E-state index in [1.54, 1.807) is 24.4 Å². The highest BCUT2D eigenvalue weighted by Crippen LogP contribution is 2.04. The largest absolute Gasteiger partial charge is 0.491 e. The lowest BCUT2D eigenvalue weighted by Crippen LogP contribution is -2.33. The van der Waals surface area contributed by atoms with Gasteiger partial charge in [-0.2, -0.15) is 0 Å². The summed E-state index contributed by atoms with van der Waals surface area (Å²) in [6.45, 7) is 0.112. The molecule has 0 radical (unpaired) electrons. The van der Waals surface area contributed by atoms with Crippen molar-refractivity contribution in [1.29, 1.82) is 0 Å². The average molecular weight is 287 g/mol. The Morgan fingerprint density at radius 3 is 2.76 bits per heavy atom. The summed E-state index contributed by atoms with van der Waals surface area (Å²) >= 11 is 0. The standard InChI is InChI=1S/C13H11BFN3O3/c15-11-5-4-9(7-10(11)14(20)21)8-18-13(19)17-6-2-1-3-12(17)16-18/h1-7,20-21H,8H2. The van der Waals surface area contributed by atoms with Gasteiger partial charge in [0, 0.05) is 11.7 Å². The fourth-order valence-corrected chi connectivity index (χ4v) is 2.13. The first-order chi connectivity index (χ1) is 10.1. The Kier molecular flexibility index (Phi) is 3.32. The van der Waals surface area contributed by atoms with E-state index in [1.165, 1.54) is 21.2 Å². The second-order valence-electron chi connectivity index (χ2n) is 4.60. The van der Waals surface area contributed by atoms with E-state index in [0.29, 0.717) is 11.2 Å². The Morgan fingerprint density at radius 1 is 1.24 bits per heavy atom. The first-order valence-corrected chi connectivity index (χ1v) is 6.25. The summed E-state index contributed by atoms with van der Waals surface area (Å²) in [5.41, 5.74) is 0.502. The van der Waals surface area contributed by atoms with E-state index in [1.807, 2.05) is 0 Å². The summed E-state index contributed by atoms with van der Waals surface area (Å²) in [6.07, 6.45) is 1.61. The molecule has 3 rings (SSSR count). The van der Waals surface area contributed by atoms with Crippen molar-refractivity contribution in [2.75, 3.05) is 0 Å². The maximum Gasteiger partial charge on any atom is 0.491 e. The van der Waals surface area contributed by atoms with Crippen molar-refractivity contribution in [1.82, 2.24) is 14.2 Å². The van der Waals surface area contributed by atoms with Gasteiger partial charge in [0.25, 0.3) is 0 Å². The van der Waals surface area contributed by atoms with E-state index >= 15 is 0 Å². The predicted molar refractivity (Wildman–Crippen MR) is 74.8 cm³/mol. The van der Waals surface area contributed by atoms with Crippen LogP contribution < -0.4 is 11.2 Å². The maximum absolute atomic E-state index is 13.4. The minimum atomic E-state index is -1.90. The van der Waals surface area contributed by atoms with Crippen LogP contribution >= 0.6 is 0 Å². The van der Waals surface area contributed by atoms with Crippen molar-refractivity contribution in [3.63, 3.8) is 0 Å². The van der Waals surface area contributed by atoms with Crippen LogP contribution in [-0.2, 0) is 6.54 Å². The molecule has 0 atom stereocenters. The molecule has 6 nitrogen and oxygen atoms in total. The van der Waals surface area contributed by atoms with Crippen LogP contribution in [0.2, 0.25) is 0 Å². The lowest BCUT2D eigenvalue weighted by molar-refractivity contribution is 0.423. The molecule has 0 aliphatic heterocycles. The lowest BCUT2D eigenvalue weighted by Gasteiger charge is -2.05. The lowest BCUT2D eigenvalue weighted by atomic mass is 9.79. The molecule has 0 saturated carbocycles. The highest BCUT2D eigenvalue weighted by Gasteiger charge is 2.17. The first-order valence-electron chi connectivity index (χ1n) is 6.25.